The molecule has 3 atom stereocenters. The zero-order valence-corrected chi connectivity index (χ0v) is 54.1. The third-order valence-corrected chi connectivity index (χ3v) is 15.1. The molecule has 0 saturated heterocycles. The number of ether oxygens (including phenoxy) is 1. The van der Waals surface area contributed by atoms with Crippen molar-refractivity contribution in [3.05, 3.63) is 109 Å². The van der Waals surface area contributed by atoms with Gasteiger partial charge in [-0.05, 0) is 122 Å². The molecule has 0 rings (SSSR count). The molecule has 0 heterocycles. The van der Waals surface area contributed by atoms with Crippen molar-refractivity contribution in [1.29, 1.82) is 0 Å². The fraction of sp³-hybridized carbons (Fsp3) is 0.718. The SMILES string of the molecule is CCCCC/C=C\C/C=C\C/C=C\C/C=C\CCCCCCCCCCCC(=O)OC(/C=C\CCCCCCCCCCC)C(COP(=O)([O-])OCC[N+](C)(C)C)NC(=O)CCCCC/C=C\C/C=C\C/C=C\C/C=C\CCCCC. The first-order valence-electron chi connectivity index (χ1n) is 33.2. The van der Waals surface area contributed by atoms with Crippen LogP contribution in [0.4, 0.5) is 0 Å². The molecule has 0 aliphatic heterocycles. The van der Waals surface area contributed by atoms with Gasteiger partial charge in [0.05, 0.1) is 33.8 Å². The number of quaternary nitrogens is 1. The first-order valence-corrected chi connectivity index (χ1v) is 34.7. The number of nitrogens with one attached hydrogen (secondary N) is 1. The molecule has 0 spiro atoms. The first kappa shape index (κ1) is 77.7. The highest BCUT2D eigenvalue weighted by Gasteiger charge is 2.27. The molecule has 81 heavy (non-hydrogen) atoms. The second-order valence-electron chi connectivity index (χ2n) is 23.3. The minimum atomic E-state index is -4.72. The zero-order valence-electron chi connectivity index (χ0n) is 53.2. The maximum Gasteiger partial charge on any atom is 0.306 e. The number of carbonyl (C=O) groups excluding carboxylic acids is 2. The lowest BCUT2D eigenvalue weighted by Gasteiger charge is -2.30. The van der Waals surface area contributed by atoms with Gasteiger partial charge in [0.2, 0.25) is 5.91 Å². The predicted octanol–water partition coefficient (Wildman–Crippen LogP) is 20.3. The Morgan fingerprint density at radius 1 is 0.432 bits per heavy atom. The Kier molecular flexibility index (Phi) is 57.4. The van der Waals surface area contributed by atoms with E-state index in [2.05, 4.69) is 123 Å². The van der Waals surface area contributed by atoms with E-state index in [1.807, 2.05) is 33.3 Å². The third kappa shape index (κ3) is 61.1. The molecular weight excluding hydrogens is 1020 g/mol. The van der Waals surface area contributed by atoms with Crippen molar-refractivity contribution in [3.8, 4) is 0 Å². The van der Waals surface area contributed by atoms with Gasteiger partial charge in [0.15, 0.2) is 0 Å². The van der Waals surface area contributed by atoms with Crippen LogP contribution < -0.4 is 10.2 Å². The third-order valence-electron chi connectivity index (χ3n) is 14.2. The van der Waals surface area contributed by atoms with E-state index >= 15 is 0 Å². The number of likely N-dealkylation sites (N-methyl/N-ethyl adjacent to an activating group) is 1. The van der Waals surface area contributed by atoms with Gasteiger partial charge in [-0.2, -0.15) is 0 Å². The lowest BCUT2D eigenvalue weighted by Crippen LogP contribution is -2.47. The highest BCUT2D eigenvalue weighted by atomic mass is 31.2. The minimum absolute atomic E-state index is 0.0350. The molecule has 0 radical (unpaired) electrons. The van der Waals surface area contributed by atoms with Gasteiger partial charge in [-0.15, -0.1) is 0 Å². The van der Waals surface area contributed by atoms with Crippen molar-refractivity contribution in [1.82, 2.24) is 5.32 Å². The first-order chi connectivity index (χ1) is 39.4. The highest BCUT2D eigenvalue weighted by molar-refractivity contribution is 7.45. The van der Waals surface area contributed by atoms with Crippen LogP contribution in [0.25, 0.3) is 0 Å². The molecule has 1 N–H and O–H groups in total. The molecule has 0 bridgehead atoms. The number of unbranched alkanes of at least 4 members (excludes halogenated alkanes) is 27. The molecule has 0 aromatic carbocycles. The van der Waals surface area contributed by atoms with Crippen LogP contribution in [0.15, 0.2) is 109 Å². The topological polar surface area (TPSA) is 114 Å². The summed E-state index contributed by atoms with van der Waals surface area (Å²) in [6.45, 7) is 6.75. The Morgan fingerprint density at radius 3 is 1.16 bits per heavy atom. The van der Waals surface area contributed by atoms with Gasteiger partial charge in [0.25, 0.3) is 7.82 Å². The predicted molar refractivity (Wildman–Crippen MR) is 348 cm³/mol. The van der Waals surface area contributed by atoms with E-state index in [1.165, 1.54) is 128 Å². The second-order valence-corrected chi connectivity index (χ2v) is 24.7. The fourth-order valence-electron chi connectivity index (χ4n) is 9.02. The summed E-state index contributed by atoms with van der Waals surface area (Å²) in [6, 6.07) is -0.915. The van der Waals surface area contributed by atoms with Gasteiger partial charge >= 0.3 is 5.97 Å². The molecule has 0 fully saturated rings. The van der Waals surface area contributed by atoms with Gasteiger partial charge in [0, 0.05) is 12.8 Å². The van der Waals surface area contributed by atoms with Crippen molar-refractivity contribution in [2.75, 3.05) is 40.9 Å². The average molecular weight is 1150 g/mol. The number of allylic oxidation sites excluding steroid dienone is 17. The normalized spacial score (nSPS) is 14.3. The lowest BCUT2D eigenvalue weighted by molar-refractivity contribution is -0.870. The number of hydrogen-bond donors (Lipinski definition) is 1. The number of phosphoric acid groups is 1. The summed E-state index contributed by atoms with van der Waals surface area (Å²) < 4.78 is 30.3. The van der Waals surface area contributed by atoms with Gasteiger partial charge in [-0.1, -0.05) is 252 Å². The van der Waals surface area contributed by atoms with Crippen LogP contribution in [0.3, 0.4) is 0 Å². The van der Waals surface area contributed by atoms with Crippen LogP contribution in [-0.4, -0.2) is 69.4 Å². The van der Waals surface area contributed by atoms with Crippen LogP contribution in [0.2, 0.25) is 0 Å². The molecule has 10 heteroatoms. The summed E-state index contributed by atoms with van der Waals surface area (Å²) in [4.78, 5) is 40.0. The summed E-state index contributed by atoms with van der Waals surface area (Å²) >= 11 is 0. The van der Waals surface area contributed by atoms with Gasteiger partial charge in [-0.25, -0.2) is 0 Å². The number of esters is 1. The number of nitrogens with zero attached hydrogens (tertiary/aromatic N) is 1. The van der Waals surface area contributed by atoms with E-state index in [0.29, 0.717) is 23.9 Å². The number of rotatable bonds is 59. The highest BCUT2D eigenvalue weighted by Crippen LogP contribution is 2.38. The molecule has 466 valence electrons. The fourth-order valence-corrected chi connectivity index (χ4v) is 9.74. The van der Waals surface area contributed by atoms with Crippen LogP contribution in [0.5, 0.6) is 0 Å². The van der Waals surface area contributed by atoms with E-state index < -0.39 is 26.6 Å². The molecule has 9 nitrogen and oxygen atoms in total. The Bertz CT molecular complexity index is 1750. The Balaban J connectivity index is 5.19. The summed E-state index contributed by atoms with van der Waals surface area (Å²) in [6.07, 6.45) is 82.0. The van der Waals surface area contributed by atoms with E-state index in [9.17, 15) is 19.0 Å². The van der Waals surface area contributed by atoms with Gasteiger partial charge in [0.1, 0.15) is 19.3 Å². The second kappa shape index (κ2) is 59.8. The molecule has 1 amide bonds. The molecule has 0 aliphatic carbocycles. The number of carbonyl (C=O) groups is 2. The van der Waals surface area contributed by atoms with Gasteiger partial charge in [-0.3, -0.25) is 14.2 Å². The van der Waals surface area contributed by atoms with Gasteiger partial charge < -0.3 is 28.5 Å². The summed E-state index contributed by atoms with van der Waals surface area (Å²) in [5.74, 6) is -0.588. The standard InChI is InChI=1S/C71H125N2O7P/c1-7-10-13-16-19-22-25-27-29-31-33-34-35-36-37-38-40-42-44-46-49-52-55-58-61-64-71(75)80-69(62-59-56-53-50-47-24-21-18-15-12-9-3)68(67-79-81(76,77)78-66-65-73(4,5)6)72-70(74)63-60-57-54-51-48-45-43-41-39-32-30-28-26-23-20-17-14-11-8-2/h19-20,22-23,27-30,33-34,36-37,39,41,45,48,59,62,68-69H,7-18,21,24-26,31-32,35,38,40,42-44,46-47,49-58,60-61,63-67H2,1-6H3,(H-,72,74,76,77)/b22-19-,23-20-,29-27-,30-28-,34-33-,37-36-,41-39-,48-45-,62-59-. The minimum Gasteiger partial charge on any atom is -0.756 e. The largest absolute Gasteiger partial charge is 0.756 e. The molecule has 0 saturated carbocycles. The Morgan fingerprint density at radius 2 is 0.753 bits per heavy atom. The number of amides is 1. The Labute approximate surface area is 500 Å². The van der Waals surface area contributed by atoms with Crippen LogP contribution in [-0.2, 0) is 27.9 Å². The van der Waals surface area contributed by atoms with E-state index in [-0.39, 0.29) is 31.3 Å². The lowest BCUT2D eigenvalue weighted by atomic mass is 10.1. The molecular formula is C71H125N2O7P. The van der Waals surface area contributed by atoms with E-state index in [0.717, 1.165) is 103 Å². The van der Waals surface area contributed by atoms with Crippen LogP contribution in [0.1, 0.15) is 278 Å². The monoisotopic (exact) mass is 1150 g/mol. The summed E-state index contributed by atoms with van der Waals surface area (Å²) in [5, 5.41) is 3.01. The number of hydrogen-bond acceptors (Lipinski definition) is 7. The van der Waals surface area contributed by atoms with Crippen molar-refractivity contribution >= 4 is 19.7 Å². The maximum atomic E-state index is 13.5. The molecule has 0 aromatic heterocycles. The number of phosphoric ester groups is 1. The van der Waals surface area contributed by atoms with Crippen molar-refractivity contribution < 1.29 is 37.3 Å². The summed E-state index contributed by atoms with van der Waals surface area (Å²) in [7, 11) is 1.15. The van der Waals surface area contributed by atoms with E-state index in [4.69, 9.17) is 13.8 Å². The van der Waals surface area contributed by atoms with Crippen LogP contribution in [0, 0.1) is 0 Å². The average Bonchev–Trinajstić information content (AvgIpc) is 3.43. The Hall–Kier alpha value is -3.33. The molecule has 3 unspecified atom stereocenters. The van der Waals surface area contributed by atoms with E-state index in [1.54, 1.807) is 0 Å². The molecule has 0 aliphatic rings. The summed E-state index contributed by atoms with van der Waals surface area (Å²) in [5.41, 5.74) is 0. The van der Waals surface area contributed by atoms with Crippen molar-refractivity contribution in [2.45, 2.75) is 290 Å². The maximum absolute atomic E-state index is 13.5. The molecule has 0 aromatic rings. The smallest absolute Gasteiger partial charge is 0.306 e. The van der Waals surface area contributed by atoms with Crippen LogP contribution >= 0.6 is 7.82 Å². The van der Waals surface area contributed by atoms with Crippen molar-refractivity contribution in [2.24, 2.45) is 0 Å². The van der Waals surface area contributed by atoms with Crippen molar-refractivity contribution in [3.63, 3.8) is 0 Å². The quantitative estimate of drug-likeness (QED) is 0.0212. The zero-order chi connectivity index (χ0) is 59.3.